The molecule has 64 valence electrons. The Kier molecular flexibility index (Phi) is 2.76. The fraction of sp³-hybridized carbons (Fsp3) is 0.250. The topological polar surface area (TPSA) is 62.2 Å². The van der Waals surface area contributed by atoms with Gasteiger partial charge in [0.15, 0.2) is 0 Å². The van der Waals surface area contributed by atoms with Crippen molar-refractivity contribution < 1.29 is 9.90 Å². The number of aromatic nitrogens is 1. The fourth-order valence-electron chi connectivity index (χ4n) is 0.845. The van der Waals surface area contributed by atoms with E-state index in [0.717, 1.165) is 0 Å². The molecule has 0 unspecified atom stereocenters. The molecule has 0 aliphatic carbocycles. The molecule has 0 aliphatic heterocycles. The lowest BCUT2D eigenvalue weighted by atomic mass is 10.3. The molecule has 4 nitrogen and oxygen atoms in total. The first kappa shape index (κ1) is 8.67. The van der Waals surface area contributed by atoms with Crippen LogP contribution in [-0.2, 0) is 11.4 Å². The second-order valence-electron chi connectivity index (χ2n) is 2.35. The largest absolute Gasteiger partial charge is 0.392 e. The van der Waals surface area contributed by atoms with E-state index >= 15 is 0 Å². The first-order valence-electron chi connectivity index (χ1n) is 3.56. The molecular weight excluding hydrogens is 156 g/mol. The quantitative estimate of drug-likeness (QED) is 0.673. The zero-order valence-corrected chi connectivity index (χ0v) is 6.74. The Labute approximate surface area is 70.3 Å². The zero-order chi connectivity index (χ0) is 8.97. The highest BCUT2D eigenvalue weighted by molar-refractivity contribution is 5.88. The number of nitrogens with zero attached hydrogens (tertiary/aromatic N) is 1. The van der Waals surface area contributed by atoms with Crippen LogP contribution >= 0.6 is 0 Å². The Morgan fingerprint density at radius 3 is 3.08 bits per heavy atom. The van der Waals surface area contributed by atoms with Gasteiger partial charge >= 0.3 is 0 Å². The highest BCUT2D eigenvalue weighted by Gasteiger charge is 2.01. The molecule has 0 saturated heterocycles. The number of hydrogen-bond donors (Lipinski definition) is 2. The van der Waals surface area contributed by atoms with Crippen LogP contribution < -0.4 is 5.32 Å². The lowest BCUT2D eigenvalue weighted by Crippen LogP contribution is -2.09. The van der Waals surface area contributed by atoms with Crippen LogP contribution in [0.2, 0.25) is 0 Å². The third-order valence-electron chi connectivity index (χ3n) is 1.36. The van der Waals surface area contributed by atoms with E-state index in [1.807, 2.05) is 0 Å². The molecule has 12 heavy (non-hydrogen) atoms. The Balaban J connectivity index is 2.89. The van der Waals surface area contributed by atoms with Crippen molar-refractivity contribution in [1.82, 2.24) is 4.98 Å². The normalized spacial score (nSPS) is 9.50. The third kappa shape index (κ3) is 2.03. The molecule has 0 aromatic carbocycles. The fourth-order valence-corrected chi connectivity index (χ4v) is 0.845. The molecule has 0 fully saturated rings. The zero-order valence-electron chi connectivity index (χ0n) is 6.74. The predicted molar refractivity (Wildman–Crippen MR) is 44.5 cm³/mol. The summed E-state index contributed by atoms with van der Waals surface area (Å²) in [6, 6.07) is 3.41. The minimum atomic E-state index is -0.191. The third-order valence-corrected chi connectivity index (χ3v) is 1.36. The Bertz CT molecular complexity index is 286. The number of rotatable bonds is 2. The Hall–Kier alpha value is -1.42. The summed E-state index contributed by atoms with van der Waals surface area (Å²) in [4.78, 5) is 14.5. The van der Waals surface area contributed by atoms with Crippen LogP contribution in [0.3, 0.4) is 0 Å². The van der Waals surface area contributed by atoms with Gasteiger partial charge in [-0.3, -0.25) is 4.79 Å². The average molecular weight is 166 g/mol. The van der Waals surface area contributed by atoms with Crippen molar-refractivity contribution in [1.29, 1.82) is 0 Å². The van der Waals surface area contributed by atoms with Gasteiger partial charge in [-0.15, -0.1) is 0 Å². The molecule has 4 heteroatoms. The van der Waals surface area contributed by atoms with Crippen molar-refractivity contribution in [2.45, 2.75) is 13.5 Å². The van der Waals surface area contributed by atoms with E-state index in [1.165, 1.54) is 6.92 Å². The molecule has 2 N–H and O–H groups in total. The second kappa shape index (κ2) is 3.82. The van der Waals surface area contributed by atoms with E-state index in [2.05, 4.69) is 10.3 Å². The SMILES string of the molecule is CC(=O)Nc1ncccc1CO. The maximum Gasteiger partial charge on any atom is 0.222 e. The second-order valence-corrected chi connectivity index (χ2v) is 2.35. The summed E-state index contributed by atoms with van der Waals surface area (Å²) < 4.78 is 0. The Morgan fingerprint density at radius 1 is 1.75 bits per heavy atom. The first-order chi connectivity index (χ1) is 5.74. The molecule has 1 rings (SSSR count). The van der Waals surface area contributed by atoms with Gasteiger partial charge in [0.1, 0.15) is 5.82 Å². The van der Waals surface area contributed by atoms with Crippen molar-refractivity contribution >= 4 is 11.7 Å². The van der Waals surface area contributed by atoms with E-state index in [4.69, 9.17) is 5.11 Å². The van der Waals surface area contributed by atoms with E-state index in [0.29, 0.717) is 11.4 Å². The van der Waals surface area contributed by atoms with E-state index in [-0.39, 0.29) is 12.5 Å². The number of anilines is 1. The van der Waals surface area contributed by atoms with Gasteiger partial charge in [0.2, 0.25) is 5.91 Å². The maximum absolute atomic E-state index is 10.6. The molecule has 0 saturated carbocycles. The molecule has 1 aromatic heterocycles. The van der Waals surface area contributed by atoms with Gasteiger partial charge in [-0.2, -0.15) is 0 Å². The van der Waals surface area contributed by atoms with Crippen molar-refractivity contribution in [3.05, 3.63) is 23.9 Å². The van der Waals surface area contributed by atoms with Gasteiger partial charge in [-0.25, -0.2) is 4.98 Å². The molecule has 1 aromatic rings. The summed E-state index contributed by atoms with van der Waals surface area (Å²) in [7, 11) is 0. The van der Waals surface area contributed by atoms with Crippen molar-refractivity contribution in [2.24, 2.45) is 0 Å². The predicted octanol–water partition coefficient (Wildman–Crippen LogP) is 0.532. The van der Waals surface area contributed by atoms with Crippen molar-refractivity contribution in [2.75, 3.05) is 5.32 Å². The van der Waals surface area contributed by atoms with Gasteiger partial charge in [-0.1, -0.05) is 6.07 Å². The summed E-state index contributed by atoms with van der Waals surface area (Å²) in [5, 5.41) is 11.4. The monoisotopic (exact) mass is 166 g/mol. The molecule has 1 heterocycles. The Morgan fingerprint density at radius 2 is 2.50 bits per heavy atom. The lowest BCUT2D eigenvalue weighted by Gasteiger charge is -2.04. The van der Waals surface area contributed by atoms with E-state index in [9.17, 15) is 4.79 Å². The van der Waals surface area contributed by atoms with Crippen LogP contribution in [0.15, 0.2) is 18.3 Å². The summed E-state index contributed by atoms with van der Waals surface area (Å²) >= 11 is 0. The van der Waals surface area contributed by atoms with Crippen molar-refractivity contribution in [3.63, 3.8) is 0 Å². The minimum Gasteiger partial charge on any atom is -0.392 e. The smallest absolute Gasteiger partial charge is 0.222 e. The standard InChI is InChI=1S/C8H10N2O2/c1-6(12)10-8-7(5-11)3-2-4-9-8/h2-4,11H,5H2,1H3,(H,9,10,12). The molecule has 0 bridgehead atoms. The summed E-state index contributed by atoms with van der Waals surface area (Å²) in [6.45, 7) is 1.28. The van der Waals surface area contributed by atoms with Crippen LogP contribution in [0, 0.1) is 0 Å². The number of pyridine rings is 1. The lowest BCUT2D eigenvalue weighted by molar-refractivity contribution is -0.114. The number of aliphatic hydroxyl groups is 1. The summed E-state index contributed by atoms with van der Waals surface area (Å²) in [6.07, 6.45) is 1.56. The van der Waals surface area contributed by atoms with Crippen molar-refractivity contribution in [3.8, 4) is 0 Å². The van der Waals surface area contributed by atoms with Crippen LogP contribution in [-0.4, -0.2) is 16.0 Å². The highest BCUT2D eigenvalue weighted by atomic mass is 16.3. The molecule has 1 amide bonds. The number of carbonyl (C=O) groups excluding carboxylic acids is 1. The number of aliphatic hydroxyl groups excluding tert-OH is 1. The molecule has 0 spiro atoms. The molecule has 0 atom stereocenters. The number of carbonyl (C=O) groups is 1. The number of hydrogen-bond acceptors (Lipinski definition) is 3. The van der Waals surface area contributed by atoms with Crippen LogP contribution in [0.1, 0.15) is 12.5 Å². The van der Waals surface area contributed by atoms with Crippen LogP contribution in [0.4, 0.5) is 5.82 Å². The summed E-state index contributed by atoms with van der Waals surface area (Å²) in [5.74, 6) is 0.232. The minimum absolute atomic E-state index is 0.122. The highest BCUT2D eigenvalue weighted by Crippen LogP contribution is 2.10. The van der Waals surface area contributed by atoms with Gasteiger partial charge in [0.05, 0.1) is 6.61 Å². The summed E-state index contributed by atoms with van der Waals surface area (Å²) in [5.41, 5.74) is 0.618. The van der Waals surface area contributed by atoms with E-state index in [1.54, 1.807) is 18.3 Å². The van der Waals surface area contributed by atoms with Gasteiger partial charge in [0, 0.05) is 18.7 Å². The molecule has 0 aliphatic rings. The molecular formula is C8H10N2O2. The van der Waals surface area contributed by atoms with Gasteiger partial charge in [-0.05, 0) is 6.07 Å². The molecule has 0 radical (unpaired) electrons. The first-order valence-corrected chi connectivity index (χ1v) is 3.56. The maximum atomic E-state index is 10.6. The van der Waals surface area contributed by atoms with Crippen LogP contribution in [0.5, 0.6) is 0 Å². The van der Waals surface area contributed by atoms with Crippen LogP contribution in [0.25, 0.3) is 0 Å². The van der Waals surface area contributed by atoms with Gasteiger partial charge in [0.25, 0.3) is 0 Å². The number of nitrogens with one attached hydrogen (secondary N) is 1. The van der Waals surface area contributed by atoms with Gasteiger partial charge < -0.3 is 10.4 Å². The number of amides is 1. The van der Waals surface area contributed by atoms with E-state index < -0.39 is 0 Å². The average Bonchev–Trinajstić information content (AvgIpc) is 2.04.